The van der Waals surface area contributed by atoms with Crippen LogP contribution in [0.5, 0.6) is 0 Å². The molecule has 1 aliphatic heterocycles. The molecule has 0 aliphatic carbocycles. The molecule has 0 saturated carbocycles. The minimum absolute atomic E-state index is 0.0385. The summed E-state index contributed by atoms with van der Waals surface area (Å²) in [7, 11) is 0. The number of hydrogen-bond acceptors (Lipinski definition) is 3. The molecule has 2 amide bonds. The molecule has 1 aromatic heterocycles. The van der Waals surface area contributed by atoms with E-state index < -0.39 is 0 Å². The van der Waals surface area contributed by atoms with Gasteiger partial charge < -0.3 is 10.2 Å². The average molecular weight is 325 g/mol. The van der Waals surface area contributed by atoms with Crippen LogP contribution in [0.2, 0.25) is 0 Å². The predicted octanol–water partition coefficient (Wildman–Crippen LogP) is 2.99. The number of nitrogens with zero attached hydrogens (tertiary/aromatic N) is 2. The van der Waals surface area contributed by atoms with Crippen molar-refractivity contribution in [2.45, 2.75) is 33.1 Å². The number of carbonyl (C=O) groups excluding carboxylic acids is 2. The van der Waals surface area contributed by atoms with E-state index in [2.05, 4.69) is 17.2 Å². The number of carbonyl (C=O) groups is 2. The van der Waals surface area contributed by atoms with Crippen molar-refractivity contribution in [2.75, 3.05) is 18.4 Å². The topological polar surface area (TPSA) is 62.3 Å². The van der Waals surface area contributed by atoms with E-state index in [9.17, 15) is 9.59 Å². The molecule has 2 heterocycles. The van der Waals surface area contributed by atoms with Gasteiger partial charge in [-0.15, -0.1) is 0 Å². The lowest BCUT2D eigenvalue weighted by molar-refractivity contribution is -0.132. The molecule has 1 saturated heterocycles. The number of aromatic nitrogens is 1. The van der Waals surface area contributed by atoms with E-state index in [0.717, 1.165) is 41.5 Å². The zero-order valence-electron chi connectivity index (χ0n) is 14.2. The lowest BCUT2D eigenvalue weighted by Gasteiger charge is -2.30. The maximum absolute atomic E-state index is 12.7. The number of pyridine rings is 1. The van der Waals surface area contributed by atoms with Gasteiger partial charge in [0.05, 0.1) is 11.2 Å². The largest absolute Gasteiger partial charge is 0.343 e. The minimum Gasteiger partial charge on any atom is -0.343 e. The number of aryl methyl sites for hydroxylation is 1. The van der Waals surface area contributed by atoms with Gasteiger partial charge in [0.15, 0.2) is 0 Å². The third-order valence-corrected chi connectivity index (χ3v) is 4.70. The molecule has 1 N–H and O–H groups in total. The van der Waals surface area contributed by atoms with E-state index in [1.54, 1.807) is 11.8 Å². The van der Waals surface area contributed by atoms with Crippen LogP contribution >= 0.6 is 0 Å². The second-order valence-electron chi connectivity index (χ2n) is 6.30. The van der Waals surface area contributed by atoms with Crippen LogP contribution in [0.4, 0.5) is 5.69 Å². The molecule has 24 heavy (non-hydrogen) atoms. The second kappa shape index (κ2) is 6.99. The Labute approximate surface area is 142 Å². The van der Waals surface area contributed by atoms with Gasteiger partial charge in [0, 0.05) is 37.0 Å². The summed E-state index contributed by atoms with van der Waals surface area (Å²) < 4.78 is 0. The fraction of sp³-hybridized carbons (Fsp3) is 0.421. The van der Waals surface area contributed by atoms with Crippen molar-refractivity contribution >= 4 is 28.4 Å². The summed E-state index contributed by atoms with van der Waals surface area (Å²) in [5.41, 5.74) is 2.70. The molecule has 126 valence electrons. The summed E-state index contributed by atoms with van der Waals surface area (Å²) in [6.45, 7) is 4.95. The number of fused-ring (bicyclic) bond motifs is 1. The van der Waals surface area contributed by atoms with Gasteiger partial charge in [0.2, 0.25) is 11.8 Å². The average Bonchev–Trinajstić information content (AvgIpc) is 2.61. The Morgan fingerprint density at radius 3 is 2.62 bits per heavy atom. The van der Waals surface area contributed by atoms with E-state index in [1.165, 1.54) is 0 Å². The highest BCUT2D eigenvalue weighted by Gasteiger charge is 2.26. The highest BCUT2D eigenvalue weighted by atomic mass is 16.2. The summed E-state index contributed by atoms with van der Waals surface area (Å²) in [6.07, 6.45) is 2.26. The van der Waals surface area contributed by atoms with E-state index >= 15 is 0 Å². The molecule has 1 aliphatic rings. The molecule has 2 aromatic rings. The molecule has 3 rings (SSSR count). The summed E-state index contributed by atoms with van der Waals surface area (Å²) in [5.74, 6) is 0.0794. The number of anilines is 1. The molecule has 0 unspecified atom stereocenters. The Hall–Kier alpha value is -2.43. The summed E-state index contributed by atoms with van der Waals surface area (Å²) in [4.78, 5) is 30.5. The quantitative estimate of drug-likeness (QED) is 0.943. The molecule has 0 atom stereocenters. The molecular formula is C19H23N3O2. The van der Waals surface area contributed by atoms with Crippen LogP contribution in [-0.2, 0) is 16.0 Å². The monoisotopic (exact) mass is 325 g/mol. The molecule has 1 aromatic carbocycles. The minimum atomic E-state index is -0.0439. The van der Waals surface area contributed by atoms with Crippen LogP contribution in [0.25, 0.3) is 10.9 Å². The first-order valence-corrected chi connectivity index (χ1v) is 8.53. The van der Waals surface area contributed by atoms with Crippen LogP contribution in [-0.4, -0.2) is 34.8 Å². The Morgan fingerprint density at radius 1 is 1.25 bits per heavy atom. The summed E-state index contributed by atoms with van der Waals surface area (Å²) in [5, 5.41) is 4.05. The summed E-state index contributed by atoms with van der Waals surface area (Å²) >= 11 is 0. The highest BCUT2D eigenvalue weighted by Crippen LogP contribution is 2.25. The zero-order chi connectivity index (χ0) is 17.1. The number of amides is 2. The summed E-state index contributed by atoms with van der Waals surface area (Å²) in [6, 6.07) is 9.82. The zero-order valence-corrected chi connectivity index (χ0v) is 14.2. The van der Waals surface area contributed by atoms with Crippen LogP contribution in [0, 0.1) is 5.92 Å². The number of hydrogen-bond donors (Lipinski definition) is 1. The van der Waals surface area contributed by atoms with Crippen LogP contribution in [0.1, 0.15) is 32.4 Å². The molecule has 0 bridgehead atoms. The molecular weight excluding hydrogens is 302 g/mol. The smallest absolute Gasteiger partial charge is 0.227 e. The highest BCUT2D eigenvalue weighted by molar-refractivity contribution is 6.01. The lowest BCUT2D eigenvalue weighted by Crippen LogP contribution is -2.40. The maximum Gasteiger partial charge on any atom is 0.227 e. The van der Waals surface area contributed by atoms with Gasteiger partial charge in [-0.25, -0.2) is 0 Å². The van der Waals surface area contributed by atoms with Gasteiger partial charge in [0.1, 0.15) is 0 Å². The maximum atomic E-state index is 12.7. The number of para-hydroxylation sites is 1. The first-order valence-electron chi connectivity index (χ1n) is 8.53. The Kier molecular flexibility index (Phi) is 4.79. The number of benzene rings is 1. The van der Waals surface area contributed by atoms with Gasteiger partial charge in [-0.1, -0.05) is 25.1 Å². The van der Waals surface area contributed by atoms with Crippen LogP contribution < -0.4 is 5.32 Å². The molecule has 1 fully saturated rings. The molecule has 0 spiro atoms. The van der Waals surface area contributed by atoms with E-state index in [-0.39, 0.29) is 17.7 Å². The fourth-order valence-corrected chi connectivity index (χ4v) is 3.21. The number of piperidine rings is 1. The van der Waals surface area contributed by atoms with Crippen molar-refractivity contribution in [3.63, 3.8) is 0 Å². The Balaban J connectivity index is 1.77. The van der Waals surface area contributed by atoms with Gasteiger partial charge in [-0.2, -0.15) is 0 Å². The number of nitrogens with one attached hydrogen (secondary N) is 1. The van der Waals surface area contributed by atoms with Gasteiger partial charge in [0.25, 0.3) is 0 Å². The van der Waals surface area contributed by atoms with E-state index in [1.807, 2.05) is 30.3 Å². The number of likely N-dealkylation sites (tertiary alicyclic amines) is 1. The van der Waals surface area contributed by atoms with E-state index in [4.69, 9.17) is 0 Å². The van der Waals surface area contributed by atoms with Crippen molar-refractivity contribution in [3.8, 4) is 0 Å². The van der Waals surface area contributed by atoms with Crippen LogP contribution in [0.15, 0.2) is 30.3 Å². The Morgan fingerprint density at radius 2 is 1.96 bits per heavy atom. The van der Waals surface area contributed by atoms with Gasteiger partial charge >= 0.3 is 0 Å². The molecule has 0 radical (unpaired) electrons. The van der Waals surface area contributed by atoms with Crippen molar-refractivity contribution in [1.82, 2.24) is 9.88 Å². The third kappa shape index (κ3) is 3.40. The van der Waals surface area contributed by atoms with E-state index in [0.29, 0.717) is 13.1 Å². The standard InChI is InChI=1S/C19H23N3O2/c1-3-15-12-18(16-6-4-5-7-17(16)20-15)21-19(24)14-8-10-22(11-9-14)13(2)23/h4-7,12,14H,3,8-11H2,1-2H3,(H,20,21,24). The number of rotatable bonds is 3. The van der Waals surface area contributed by atoms with Crippen molar-refractivity contribution < 1.29 is 9.59 Å². The predicted molar refractivity (Wildman–Crippen MR) is 94.7 cm³/mol. The third-order valence-electron chi connectivity index (χ3n) is 4.70. The SMILES string of the molecule is CCc1cc(NC(=O)C2CCN(C(C)=O)CC2)c2ccccc2n1. The second-order valence-corrected chi connectivity index (χ2v) is 6.30. The van der Waals surface area contributed by atoms with Gasteiger partial charge in [-0.05, 0) is 31.4 Å². The van der Waals surface area contributed by atoms with Crippen LogP contribution in [0.3, 0.4) is 0 Å². The Bertz CT molecular complexity index is 764. The van der Waals surface area contributed by atoms with Crippen molar-refractivity contribution in [1.29, 1.82) is 0 Å². The normalized spacial score (nSPS) is 15.5. The first-order chi connectivity index (χ1) is 11.6. The fourth-order valence-electron chi connectivity index (χ4n) is 3.21. The molecule has 5 heteroatoms. The lowest BCUT2D eigenvalue weighted by atomic mass is 9.95. The van der Waals surface area contributed by atoms with Crippen molar-refractivity contribution in [2.24, 2.45) is 5.92 Å². The van der Waals surface area contributed by atoms with Crippen molar-refractivity contribution in [3.05, 3.63) is 36.0 Å². The first kappa shape index (κ1) is 16.4. The van der Waals surface area contributed by atoms with Gasteiger partial charge in [-0.3, -0.25) is 14.6 Å². The molecule has 5 nitrogen and oxygen atoms in total.